The first-order valence-corrected chi connectivity index (χ1v) is 12.5. The third-order valence-corrected chi connectivity index (χ3v) is 13.9. The fraction of sp³-hybridized carbons (Fsp3) is 0.556. The van der Waals surface area contributed by atoms with Gasteiger partial charge in [0.1, 0.15) is 0 Å². The first-order valence-electron chi connectivity index (χ1n) is 8.29. The Kier molecular flexibility index (Phi) is 8.47. The second-order valence-electron chi connectivity index (χ2n) is 6.63. The van der Waals surface area contributed by atoms with Crippen LogP contribution in [0.25, 0.3) is 0 Å². The molecule has 0 N–H and O–H groups in total. The van der Waals surface area contributed by atoms with E-state index in [1.54, 1.807) is 27.6 Å². The number of halogens is 2. The first kappa shape index (κ1) is 20.5. The van der Waals surface area contributed by atoms with E-state index in [0.29, 0.717) is 0 Å². The minimum atomic E-state index is -0.996. The molecule has 0 amide bonds. The Morgan fingerprint density at radius 1 is 1.18 bits per heavy atom. The summed E-state index contributed by atoms with van der Waals surface area (Å²) in [4.78, 5) is 0. The topological polar surface area (TPSA) is 0 Å². The second-order valence-corrected chi connectivity index (χ2v) is 13.5. The van der Waals surface area contributed by atoms with Crippen LogP contribution >= 0.6 is 0 Å². The number of rotatable bonds is 6. The molecule has 1 heterocycles. The smallest absolute Gasteiger partial charge is 1.00 e. The third-order valence-electron chi connectivity index (χ3n) is 5.33. The van der Waals surface area contributed by atoms with Crippen LogP contribution in [0.2, 0.25) is 18.1 Å². The molecule has 120 valence electrons. The van der Waals surface area contributed by atoms with Gasteiger partial charge in [-0.15, -0.1) is 0 Å². The van der Waals surface area contributed by atoms with Gasteiger partial charge in [-0.3, -0.25) is 0 Å². The van der Waals surface area contributed by atoms with Crippen molar-refractivity contribution in [3.63, 3.8) is 0 Å². The van der Waals surface area contributed by atoms with Crippen LogP contribution < -0.4 is 24.8 Å². The molecule has 0 bridgehead atoms. The van der Waals surface area contributed by atoms with Gasteiger partial charge in [0.05, 0.1) is 0 Å². The Hall–Kier alpha value is 0.471. The van der Waals surface area contributed by atoms with Gasteiger partial charge >= 0.3 is 134 Å². The number of allylic oxidation sites excluding steroid dienone is 8. The summed E-state index contributed by atoms with van der Waals surface area (Å²) < 4.78 is 3.65. The van der Waals surface area contributed by atoms with E-state index in [2.05, 4.69) is 38.2 Å². The molecule has 0 aromatic heterocycles. The predicted molar refractivity (Wildman–Crippen MR) is 86.9 cm³/mol. The van der Waals surface area contributed by atoms with Crippen LogP contribution in [0.15, 0.2) is 42.8 Å². The minimum absolute atomic E-state index is 0. The Morgan fingerprint density at radius 3 is 2.50 bits per heavy atom. The first-order chi connectivity index (χ1) is 9.75. The van der Waals surface area contributed by atoms with Crippen molar-refractivity contribution in [2.45, 2.75) is 64.1 Å². The molecule has 4 heteroatoms. The van der Waals surface area contributed by atoms with Crippen molar-refractivity contribution in [3.8, 4) is 0 Å². The quantitative estimate of drug-likeness (QED) is 0.549. The van der Waals surface area contributed by atoms with Crippen molar-refractivity contribution >= 4 is 8.07 Å². The van der Waals surface area contributed by atoms with Crippen LogP contribution in [-0.4, -0.2) is 8.07 Å². The molecule has 1 saturated heterocycles. The molecule has 22 heavy (non-hydrogen) atoms. The van der Waals surface area contributed by atoms with Crippen molar-refractivity contribution in [1.29, 1.82) is 0 Å². The summed E-state index contributed by atoms with van der Waals surface area (Å²) in [6.45, 7) is 4.74. The van der Waals surface area contributed by atoms with Crippen molar-refractivity contribution in [1.82, 2.24) is 0 Å². The van der Waals surface area contributed by atoms with Crippen LogP contribution in [0.4, 0.5) is 0 Å². The summed E-state index contributed by atoms with van der Waals surface area (Å²) in [6, 6.07) is 4.81. The number of unbranched alkanes of at least 4 members (excludes halogenated alkanes) is 1. The molecule has 2 aliphatic carbocycles. The van der Waals surface area contributed by atoms with Gasteiger partial charge in [0.15, 0.2) is 0 Å². The molecule has 0 unspecified atom stereocenters. The summed E-state index contributed by atoms with van der Waals surface area (Å²) in [5, 5.41) is 2.02. The van der Waals surface area contributed by atoms with E-state index in [-0.39, 0.29) is 44.0 Å². The summed E-state index contributed by atoms with van der Waals surface area (Å²) in [5.74, 6) is 0. The van der Waals surface area contributed by atoms with Crippen LogP contribution in [0, 0.1) is 0 Å². The van der Waals surface area contributed by atoms with Gasteiger partial charge < -0.3 is 24.8 Å². The van der Waals surface area contributed by atoms with Gasteiger partial charge in [0.25, 0.3) is 0 Å². The molecular weight excluding hydrogens is 363 g/mol. The fourth-order valence-electron chi connectivity index (χ4n) is 3.87. The van der Waals surface area contributed by atoms with Crippen molar-refractivity contribution < 1.29 is 44.0 Å². The zero-order valence-electron chi connectivity index (χ0n) is 13.7. The van der Waals surface area contributed by atoms with Crippen molar-refractivity contribution in [2.24, 2.45) is 0 Å². The number of hydrogen-bond donors (Lipinski definition) is 0. The monoisotopic (exact) mass is 388 g/mol. The molecule has 0 spiro atoms. The largest absolute Gasteiger partial charge is 1.00 e. The molecule has 3 rings (SSSR count). The van der Waals surface area contributed by atoms with E-state index < -0.39 is 8.07 Å². The Bertz CT molecular complexity index is 513. The summed E-state index contributed by atoms with van der Waals surface area (Å²) >= 11 is -0.0239. The molecule has 0 aromatic carbocycles. The van der Waals surface area contributed by atoms with Gasteiger partial charge in [-0.05, 0) is 0 Å². The zero-order chi connectivity index (χ0) is 14.0. The molecular formula is C18H26Cl2SiTi. The summed E-state index contributed by atoms with van der Waals surface area (Å²) in [6.07, 6.45) is 16.5. The SMILES string of the molecule is CCCC[Si]1(C2=[C]([Ti+2][C]3=CC=CC3)C(C)=CC2)CCC1.[Cl-].[Cl-]. The average molecular weight is 389 g/mol. The van der Waals surface area contributed by atoms with E-state index in [9.17, 15) is 0 Å². The molecule has 1 aliphatic heterocycles. The van der Waals surface area contributed by atoms with Gasteiger partial charge in [0.2, 0.25) is 0 Å². The normalized spacial score (nSPS) is 21.4. The van der Waals surface area contributed by atoms with Crippen LogP contribution in [0.5, 0.6) is 0 Å². The van der Waals surface area contributed by atoms with E-state index in [4.69, 9.17) is 0 Å². The van der Waals surface area contributed by atoms with Gasteiger partial charge in [-0.25, -0.2) is 0 Å². The third kappa shape index (κ3) is 4.11. The van der Waals surface area contributed by atoms with Gasteiger partial charge in [0, 0.05) is 0 Å². The van der Waals surface area contributed by atoms with E-state index in [1.807, 2.05) is 9.07 Å². The molecule has 0 atom stereocenters. The average Bonchev–Trinajstić information content (AvgIpc) is 3.02. The standard InChI is InChI=1S/C13H21Si.C5H5.2ClH.Ti/c1-3-4-8-14(9-5-10-14)13-7-6-12(2)11-13;1-2-4-5-3-1;;;/h6H,3-5,7-10H2,1-2H3;1-3H,4H2;2*1H;/q;;;;+2/p-2. The molecule has 0 saturated carbocycles. The maximum atomic E-state index is 2.55. The van der Waals surface area contributed by atoms with E-state index in [1.165, 1.54) is 32.1 Å². The van der Waals surface area contributed by atoms with Crippen LogP contribution in [-0.2, 0) is 19.2 Å². The maximum absolute atomic E-state index is 2.55. The maximum Gasteiger partial charge on any atom is -1.00 e. The second kappa shape index (κ2) is 9.08. The fourth-order valence-corrected chi connectivity index (χ4v) is 12.3. The van der Waals surface area contributed by atoms with Gasteiger partial charge in [-0.2, -0.15) is 0 Å². The molecule has 1 fully saturated rings. The zero-order valence-corrected chi connectivity index (χ0v) is 17.8. The van der Waals surface area contributed by atoms with E-state index in [0.717, 1.165) is 0 Å². The Morgan fingerprint density at radius 2 is 1.95 bits per heavy atom. The van der Waals surface area contributed by atoms with Crippen molar-refractivity contribution in [2.75, 3.05) is 0 Å². The Balaban J connectivity index is 0.00000121. The van der Waals surface area contributed by atoms with E-state index >= 15 is 0 Å². The minimum Gasteiger partial charge on any atom is -1.00 e. The summed E-state index contributed by atoms with van der Waals surface area (Å²) in [7, 11) is -0.996. The molecule has 3 aliphatic rings. The molecule has 0 aromatic rings. The number of hydrogen-bond acceptors (Lipinski definition) is 0. The van der Waals surface area contributed by atoms with Crippen LogP contribution in [0.1, 0.15) is 46.0 Å². The molecule has 0 radical (unpaired) electrons. The summed E-state index contributed by atoms with van der Waals surface area (Å²) in [5.41, 5.74) is 1.66. The molecule has 0 nitrogen and oxygen atoms in total. The van der Waals surface area contributed by atoms with Crippen molar-refractivity contribution in [3.05, 3.63) is 42.8 Å². The predicted octanol–water partition coefficient (Wildman–Crippen LogP) is -0.283. The van der Waals surface area contributed by atoms with Crippen LogP contribution in [0.3, 0.4) is 0 Å². The van der Waals surface area contributed by atoms with Gasteiger partial charge in [-0.1, -0.05) is 0 Å². The Labute approximate surface area is 158 Å².